The summed E-state index contributed by atoms with van der Waals surface area (Å²) in [5.74, 6) is -0.654. The van der Waals surface area contributed by atoms with Crippen LogP contribution in [0.1, 0.15) is 16.1 Å². The summed E-state index contributed by atoms with van der Waals surface area (Å²) >= 11 is 3.39. The Kier molecular flexibility index (Phi) is 4.61. The van der Waals surface area contributed by atoms with E-state index < -0.39 is 0 Å². The number of hydrazine groups is 1. The van der Waals surface area contributed by atoms with Crippen molar-refractivity contribution in [3.8, 4) is 5.69 Å². The molecule has 3 rings (SSSR count). The highest BCUT2D eigenvalue weighted by Crippen LogP contribution is 2.17. The Morgan fingerprint density at radius 3 is 2.46 bits per heavy atom. The molecule has 0 fully saturated rings. The summed E-state index contributed by atoms with van der Waals surface area (Å²) < 4.78 is 15.5. The number of aromatic nitrogens is 2. The van der Waals surface area contributed by atoms with Crippen LogP contribution in [-0.2, 0) is 0 Å². The number of halogens is 2. The number of hydrogen-bond donors (Lipinski definition) is 2. The number of benzene rings is 2. The fraction of sp³-hybridized carbons (Fsp3) is 0.0588. The van der Waals surface area contributed by atoms with Crippen molar-refractivity contribution in [3.63, 3.8) is 0 Å². The fourth-order valence-corrected chi connectivity index (χ4v) is 2.47. The highest BCUT2D eigenvalue weighted by Gasteiger charge is 2.15. The molecule has 1 amide bonds. The topological polar surface area (TPSA) is 59.0 Å². The molecule has 0 atom stereocenters. The summed E-state index contributed by atoms with van der Waals surface area (Å²) in [5.41, 5.74) is 7.94. The van der Waals surface area contributed by atoms with Crippen molar-refractivity contribution in [3.05, 3.63) is 76.3 Å². The minimum Gasteiger partial charge on any atom is -0.298 e. The standard InChI is InChI=1S/C17H14BrFN4O/c1-11-16(10-20-23(11)15-8-2-12(18)3-9-15)17(24)22-21-14-6-4-13(19)5-7-14/h2-10,21H,1H3,(H,22,24). The quantitative estimate of drug-likeness (QED) is 0.667. The van der Waals surface area contributed by atoms with Crippen molar-refractivity contribution in [1.29, 1.82) is 0 Å². The molecule has 0 aliphatic carbocycles. The third-order valence-corrected chi connectivity index (χ3v) is 4.02. The molecule has 0 aliphatic heterocycles. The molecule has 3 aromatic rings. The van der Waals surface area contributed by atoms with Crippen molar-refractivity contribution in [1.82, 2.24) is 15.2 Å². The smallest absolute Gasteiger partial charge is 0.273 e. The van der Waals surface area contributed by atoms with Crippen LogP contribution in [0.25, 0.3) is 5.69 Å². The van der Waals surface area contributed by atoms with Gasteiger partial charge in [0.15, 0.2) is 0 Å². The Morgan fingerprint density at radius 1 is 1.12 bits per heavy atom. The average Bonchev–Trinajstić information content (AvgIpc) is 2.96. The second kappa shape index (κ2) is 6.84. The first-order valence-electron chi connectivity index (χ1n) is 7.17. The molecule has 0 aliphatic rings. The maximum Gasteiger partial charge on any atom is 0.273 e. The lowest BCUT2D eigenvalue weighted by Crippen LogP contribution is -2.29. The molecule has 1 heterocycles. The third kappa shape index (κ3) is 3.46. The van der Waals surface area contributed by atoms with E-state index in [4.69, 9.17) is 0 Å². The van der Waals surface area contributed by atoms with Crippen LogP contribution in [0, 0.1) is 12.7 Å². The van der Waals surface area contributed by atoms with Gasteiger partial charge in [0.25, 0.3) is 5.91 Å². The second-order valence-corrected chi connectivity index (χ2v) is 6.03. The van der Waals surface area contributed by atoms with Gasteiger partial charge in [0.2, 0.25) is 0 Å². The van der Waals surface area contributed by atoms with Gasteiger partial charge < -0.3 is 0 Å². The highest BCUT2D eigenvalue weighted by atomic mass is 79.9. The molecule has 24 heavy (non-hydrogen) atoms. The number of amides is 1. The number of nitrogens with one attached hydrogen (secondary N) is 2. The predicted molar refractivity (Wildman–Crippen MR) is 93.5 cm³/mol. The molecule has 2 aromatic carbocycles. The van der Waals surface area contributed by atoms with Crippen molar-refractivity contribution in [2.75, 3.05) is 5.43 Å². The van der Waals surface area contributed by atoms with E-state index in [1.54, 1.807) is 4.68 Å². The number of nitrogens with zero attached hydrogens (tertiary/aromatic N) is 2. The first-order valence-corrected chi connectivity index (χ1v) is 7.96. The number of carbonyl (C=O) groups excluding carboxylic acids is 1. The van der Waals surface area contributed by atoms with Crippen molar-refractivity contribution in [2.24, 2.45) is 0 Å². The van der Waals surface area contributed by atoms with Gasteiger partial charge in [-0.05, 0) is 55.5 Å². The Morgan fingerprint density at radius 2 is 1.79 bits per heavy atom. The van der Waals surface area contributed by atoms with Gasteiger partial charge in [0.05, 0.1) is 28.8 Å². The van der Waals surface area contributed by atoms with Crippen LogP contribution < -0.4 is 10.9 Å². The second-order valence-electron chi connectivity index (χ2n) is 5.12. The van der Waals surface area contributed by atoms with Gasteiger partial charge in [-0.25, -0.2) is 9.07 Å². The number of hydrogen-bond acceptors (Lipinski definition) is 3. The van der Waals surface area contributed by atoms with Crippen LogP contribution in [0.4, 0.5) is 10.1 Å². The van der Waals surface area contributed by atoms with Gasteiger partial charge in [0.1, 0.15) is 5.82 Å². The van der Waals surface area contributed by atoms with Crippen LogP contribution in [0.5, 0.6) is 0 Å². The molecule has 0 bridgehead atoms. The Hall–Kier alpha value is -2.67. The minimum atomic E-state index is -0.335. The molecular formula is C17H14BrFN4O. The number of anilines is 1. The van der Waals surface area contributed by atoms with Gasteiger partial charge in [0, 0.05) is 4.47 Å². The summed E-state index contributed by atoms with van der Waals surface area (Å²) in [4.78, 5) is 12.3. The molecule has 5 nitrogen and oxygen atoms in total. The SMILES string of the molecule is Cc1c(C(=O)NNc2ccc(F)cc2)cnn1-c1ccc(Br)cc1. The zero-order valence-electron chi connectivity index (χ0n) is 12.8. The van der Waals surface area contributed by atoms with Crippen molar-refractivity contribution >= 4 is 27.5 Å². The lowest BCUT2D eigenvalue weighted by molar-refractivity contribution is 0.0962. The first kappa shape index (κ1) is 16.2. The van der Waals surface area contributed by atoms with Gasteiger partial charge in [-0.2, -0.15) is 5.10 Å². The van der Waals surface area contributed by atoms with Gasteiger partial charge >= 0.3 is 0 Å². The molecule has 0 unspecified atom stereocenters. The molecular weight excluding hydrogens is 375 g/mol. The van der Waals surface area contributed by atoms with Gasteiger partial charge in [-0.1, -0.05) is 15.9 Å². The maximum absolute atomic E-state index is 12.9. The van der Waals surface area contributed by atoms with Crippen LogP contribution in [-0.4, -0.2) is 15.7 Å². The van der Waals surface area contributed by atoms with E-state index in [-0.39, 0.29) is 11.7 Å². The molecule has 2 N–H and O–H groups in total. The van der Waals surface area contributed by atoms with Gasteiger partial charge in [-0.15, -0.1) is 0 Å². The predicted octanol–water partition coefficient (Wildman–Crippen LogP) is 3.84. The van der Waals surface area contributed by atoms with E-state index in [0.29, 0.717) is 11.3 Å². The third-order valence-electron chi connectivity index (χ3n) is 3.49. The van der Waals surface area contributed by atoms with E-state index in [1.807, 2.05) is 31.2 Å². The Balaban J connectivity index is 1.74. The van der Waals surface area contributed by atoms with E-state index in [1.165, 1.54) is 30.5 Å². The molecule has 0 radical (unpaired) electrons. The molecule has 1 aromatic heterocycles. The van der Waals surface area contributed by atoms with Crippen molar-refractivity contribution in [2.45, 2.75) is 6.92 Å². The molecule has 0 spiro atoms. The monoisotopic (exact) mass is 388 g/mol. The van der Waals surface area contributed by atoms with Crippen LogP contribution in [0.3, 0.4) is 0 Å². The number of carbonyl (C=O) groups is 1. The first-order chi connectivity index (χ1) is 11.5. The molecule has 122 valence electrons. The normalized spacial score (nSPS) is 10.5. The summed E-state index contributed by atoms with van der Waals surface area (Å²) in [6.45, 7) is 1.82. The molecule has 0 saturated carbocycles. The van der Waals surface area contributed by atoms with E-state index in [9.17, 15) is 9.18 Å². The molecule has 0 saturated heterocycles. The zero-order chi connectivity index (χ0) is 17.1. The summed E-state index contributed by atoms with van der Waals surface area (Å²) in [5, 5.41) is 4.27. The van der Waals surface area contributed by atoms with E-state index in [0.717, 1.165) is 15.9 Å². The molecule has 7 heteroatoms. The van der Waals surface area contributed by atoms with Crippen LogP contribution in [0.15, 0.2) is 59.2 Å². The number of rotatable bonds is 4. The lowest BCUT2D eigenvalue weighted by Gasteiger charge is -2.09. The summed E-state index contributed by atoms with van der Waals surface area (Å²) in [7, 11) is 0. The van der Waals surface area contributed by atoms with Crippen LogP contribution in [0.2, 0.25) is 0 Å². The van der Waals surface area contributed by atoms with Crippen LogP contribution >= 0.6 is 15.9 Å². The van der Waals surface area contributed by atoms with Gasteiger partial charge in [-0.3, -0.25) is 15.6 Å². The average molecular weight is 389 g/mol. The Bertz CT molecular complexity index is 859. The summed E-state index contributed by atoms with van der Waals surface area (Å²) in [6, 6.07) is 13.3. The largest absolute Gasteiger partial charge is 0.298 e. The Labute approximate surface area is 146 Å². The lowest BCUT2D eigenvalue weighted by atomic mass is 10.2. The summed E-state index contributed by atoms with van der Waals surface area (Å²) in [6.07, 6.45) is 1.51. The zero-order valence-corrected chi connectivity index (χ0v) is 14.3. The van der Waals surface area contributed by atoms with E-state index in [2.05, 4.69) is 31.9 Å². The maximum atomic E-state index is 12.9. The minimum absolute atomic E-state index is 0.319. The highest BCUT2D eigenvalue weighted by molar-refractivity contribution is 9.10. The fourth-order valence-electron chi connectivity index (χ4n) is 2.20. The van der Waals surface area contributed by atoms with E-state index >= 15 is 0 Å². The van der Waals surface area contributed by atoms with Crippen molar-refractivity contribution < 1.29 is 9.18 Å².